The van der Waals surface area contributed by atoms with Gasteiger partial charge in [0.2, 0.25) is 0 Å². The number of ether oxygens (including phenoxy) is 1. The minimum absolute atomic E-state index is 0.296. The molecule has 2 heterocycles. The van der Waals surface area contributed by atoms with E-state index in [9.17, 15) is 4.79 Å². The van der Waals surface area contributed by atoms with Gasteiger partial charge in [-0.1, -0.05) is 19.3 Å². The number of nitrogens with one attached hydrogen (secondary N) is 1. The van der Waals surface area contributed by atoms with Crippen LogP contribution in [-0.4, -0.2) is 35.6 Å². The van der Waals surface area contributed by atoms with Crippen LogP contribution >= 0.6 is 0 Å². The van der Waals surface area contributed by atoms with E-state index in [1.165, 1.54) is 32.1 Å². The highest BCUT2D eigenvalue weighted by Gasteiger charge is 2.25. The van der Waals surface area contributed by atoms with Crippen LogP contribution in [0.4, 0.5) is 5.69 Å². The number of carbonyl (C=O) groups excluding carboxylic acids is 1. The number of H-pyrrole nitrogens is 1. The molecule has 2 aromatic heterocycles. The third kappa shape index (κ3) is 2.67. The van der Waals surface area contributed by atoms with E-state index in [0.29, 0.717) is 18.2 Å². The molecule has 0 aromatic carbocycles. The minimum atomic E-state index is -0.296. The summed E-state index contributed by atoms with van der Waals surface area (Å²) in [5.41, 5.74) is 2.31. The summed E-state index contributed by atoms with van der Waals surface area (Å²) in [6.45, 7) is 2.20. The molecular weight excluding hydrogens is 278 g/mol. The highest BCUT2D eigenvalue weighted by atomic mass is 16.5. The number of pyridine rings is 1. The Kier molecular flexibility index (Phi) is 4.32. The fourth-order valence-corrected chi connectivity index (χ4v) is 3.38. The summed E-state index contributed by atoms with van der Waals surface area (Å²) in [4.78, 5) is 22.0. The second kappa shape index (κ2) is 6.38. The first-order chi connectivity index (χ1) is 10.7. The number of fused-ring (bicyclic) bond motifs is 1. The van der Waals surface area contributed by atoms with Crippen LogP contribution < -0.4 is 4.90 Å². The van der Waals surface area contributed by atoms with Crippen LogP contribution in [0.25, 0.3) is 11.0 Å². The number of aromatic amines is 1. The molecule has 0 amide bonds. The largest absolute Gasteiger partial charge is 0.462 e. The van der Waals surface area contributed by atoms with Gasteiger partial charge in [0.25, 0.3) is 0 Å². The molecule has 3 rings (SSSR count). The average Bonchev–Trinajstić information content (AvgIpc) is 3.03. The Hall–Kier alpha value is -2.04. The lowest BCUT2D eigenvalue weighted by Crippen LogP contribution is -2.34. The first kappa shape index (κ1) is 14.9. The Bertz CT molecular complexity index is 659. The predicted molar refractivity (Wildman–Crippen MR) is 87.3 cm³/mol. The van der Waals surface area contributed by atoms with Crippen molar-refractivity contribution in [1.29, 1.82) is 0 Å². The van der Waals surface area contributed by atoms with Gasteiger partial charge in [0.05, 0.1) is 12.3 Å². The second-order valence-electron chi connectivity index (χ2n) is 5.88. The van der Waals surface area contributed by atoms with Crippen molar-refractivity contribution in [1.82, 2.24) is 9.97 Å². The van der Waals surface area contributed by atoms with Crippen LogP contribution in [0.3, 0.4) is 0 Å². The first-order valence-corrected chi connectivity index (χ1v) is 8.08. The molecule has 0 radical (unpaired) electrons. The van der Waals surface area contributed by atoms with Gasteiger partial charge in [0.1, 0.15) is 11.2 Å². The molecule has 1 aliphatic carbocycles. The molecule has 5 nitrogen and oxygen atoms in total. The molecule has 5 heteroatoms. The van der Waals surface area contributed by atoms with E-state index in [1.807, 2.05) is 19.2 Å². The molecule has 1 aliphatic rings. The van der Waals surface area contributed by atoms with E-state index >= 15 is 0 Å². The van der Waals surface area contributed by atoms with Gasteiger partial charge in [-0.15, -0.1) is 0 Å². The number of hydrogen-bond acceptors (Lipinski definition) is 4. The number of carbonyl (C=O) groups is 1. The Labute approximate surface area is 130 Å². The summed E-state index contributed by atoms with van der Waals surface area (Å²) in [5.74, 6) is -0.296. The molecule has 0 unspecified atom stereocenters. The lowest BCUT2D eigenvalue weighted by Gasteiger charge is -2.34. The van der Waals surface area contributed by atoms with Crippen LogP contribution in [-0.2, 0) is 4.74 Å². The maximum absolute atomic E-state index is 12.3. The van der Waals surface area contributed by atoms with Crippen LogP contribution in [0.5, 0.6) is 0 Å². The Balaban J connectivity index is 2.05. The maximum atomic E-state index is 12.3. The van der Waals surface area contributed by atoms with Gasteiger partial charge in [0, 0.05) is 30.9 Å². The normalized spacial score (nSPS) is 15.9. The van der Waals surface area contributed by atoms with Gasteiger partial charge in [0.15, 0.2) is 0 Å². The average molecular weight is 301 g/mol. The predicted octanol–water partition coefficient (Wildman–Crippen LogP) is 3.51. The van der Waals surface area contributed by atoms with Crippen LogP contribution in [0.15, 0.2) is 18.5 Å². The first-order valence-electron chi connectivity index (χ1n) is 8.08. The smallest absolute Gasteiger partial charge is 0.341 e. The summed E-state index contributed by atoms with van der Waals surface area (Å²) in [7, 11) is 2.08. The minimum Gasteiger partial charge on any atom is -0.462 e. The van der Waals surface area contributed by atoms with Crippen molar-refractivity contribution in [2.75, 3.05) is 18.6 Å². The van der Waals surface area contributed by atoms with Gasteiger partial charge in [-0.25, -0.2) is 9.78 Å². The molecule has 118 valence electrons. The third-order valence-electron chi connectivity index (χ3n) is 4.53. The molecule has 1 N–H and O–H groups in total. The third-order valence-corrected chi connectivity index (χ3v) is 4.53. The number of esters is 1. The Morgan fingerprint density at radius 1 is 1.41 bits per heavy atom. The number of hydrogen-bond donors (Lipinski definition) is 1. The Morgan fingerprint density at radius 3 is 2.91 bits per heavy atom. The number of rotatable bonds is 4. The highest BCUT2D eigenvalue weighted by Crippen LogP contribution is 2.33. The standard InChI is InChI=1S/C17H23N3O2/c1-3-22-17(21)14-11-19-16-13(9-10-18-16)15(14)20(2)12-7-5-4-6-8-12/h9-12H,3-8H2,1-2H3,(H,18,19). The van der Waals surface area contributed by atoms with Crippen molar-refractivity contribution in [3.63, 3.8) is 0 Å². The fourth-order valence-electron chi connectivity index (χ4n) is 3.38. The molecule has 0 atom stereocenters. The van der Waals surface area contributed by atoms with Crippen LogP contribution in [0, 0.1) is 0 Å². The summed E-state index contributed by atoms with van der Waals surface area (Å²) in [6.07, 6.45) is 9.66. The number of anilines is 1. The molecule has 22 heavy (non-hydrogen) atoms. The monoisotopic (exact) mass is 301 g/mol. The zero-order chi connectivity index (χ0) is 15.5. The number of aromatic nitrogens is 2. The molecule has 0 aliphatic heterocycles. The van der Waals surface area contributed by atoms with E-state index in [-0.39, 0.29) is 5.97 Å². The molecule has 0 spiro atoms. The fraction of sp³-hybridized carbons (Fsp3) is 0.529. The van der Waals surface area contributed by atoms with E-state index in [4.69, 9.17) is 4.74 Å². The van der Waals surface area contributed by atoms with Gasteiger partial charge < -0.3 is 14.6 Å². The highest BCUT2D eigenvalue weighted by molar-refractivity contribution is 6.04. The quantitative estimate of drug-likeness (QED) is 0.878. The summed E-state index contributed by atoms with van der Waals surface area (Å²) in [6, 6.07) is 2.46. The molecule has 0 bridgehead atoms. The number of nitrogens with zero attached hydrogens (tertiary/aromatic N) is 2. The second-order valence-corrected chi connectivity index (χ2v) is 5.88. The zero-order valence-electron chi connectivity index (χ0n) is 13.3. The van der Waals surface area contributed by atoms with Crippen molar-refractivity contribution < 1.29 is 9.53 Å². The van der Waals surface area contributed by atoms with Gasteiger partial charge in [-0.05, 0) is 25.8 Å². The van der Waals surface area contributed by atoms with E-state index in [1.54, 1.807) is 6.20 Å². The van der Waals surface area contributed by atoms with Gasteiger partial charge >= 0.3 is 5.97 Å². The summed E-state index contributed by atoms with van der Waals surface area (Å²) in [5, 5.41) is 0.985. The molecule has 1 fully saturated rings. The molecule has 1 saturated carbocycles. The molecule has 0 saturated heterocycles. The van der Waals surface area contributed by atoms with E-state index in [0.717, 1.165) is 16.7 Å². The van der Waals surface area contributed by atoms with Crippen LogP contribution in [0.2, 0.25) is 0 Å². The summed E-state index contributed by atoms with van der Waals surface area (Å²) < 4.78 is 5.22. The van der Waals surface area contributed by atoms with E-state index < -0.39 is 0 Å². The lowest BCUT2D eigenvalue weighted by atomic mass is 9.93. The topological polar surface area (TPSA) is 58.2 Å². The Morgan fingerprint density at radius 2 is 2.18 bits per heavy atom. The van der Waals surface area contributed by atoms with Crippen molar-refractivity contribution >= 4 is 22.7 Å². The zero-order valence-corrected chi connectivity index (χ0v) is 13.3. The van der Waals surface area contributed by atoms with Gasteiger partial charge in [-0.3, -0.25) is 0 Å². The van der Waals surface area contributed by atoms with Crippen molar-refractivity contribution in [3.05, 3.63) is 24.0 Å². The summed E-state index contributed by atoms with van der Waals surface area (Å²) >= 11 is 0. The molecule has 2 aromatic rings. The van der Waals surface area contributed by atoms with Gasteiger partial charge in [-0.2, -0.15) is 0 Å². The van der Waals surface area contributed by atoms with Crippen molar-refractivity contribution in [2.45, 2.75) is 45.1 Å². The lowest BCUT2D eigenvalue weighted by molar-refractivity contribution is 0.0526. The maximum Gasteiger partial charge on any atom is 0.341 e. The van der Waals surface area contributed by atoms with E-state index in [2.05, 4.69) is 21.9 Å². The molecular formula is C17H23N3O2. The van der Waals surface area contributed by atoms with Crippen molar-refractivity contribution in [2.24, 2.45) is 0 Å². The SMILES string of the molecule is CCOC(=O)c1cnc2[nH]ccc2c1N(C)C1CCCCC1. The van der Waals surface area contributed by atoms with Crippen molar-refractivity contribution in [3.8, 4) is 0 Å². The van der Waals surface area contributed by atoms with Crippen LogP contribution in [0.1, 0.15) is 49.4 Å².